The first-order chi connectivity index (χ1) is 10.9. The van der Waals surface area contributed by atoms with Crippen LogP contribution in [0, 0.1) is 6.92 Å². The summed E-state index contributed by atoms with van der Waals surface area (Å²) in [5.41, 5.74) is 3.00. The molecule has 0 aliphatic carbocycles. The van der Waals surface area contributed by atoms with Crippen molar-refractivity contribution >= 4 is 39.1 Å². The highest BCUT2D eigenvalue weighted by Gasteiger charge is 2.13. The Kier molecular flexibility index (Phi) is 6.08. The van der Waals surface area contributed by atoms with Crippen LogP contribution in [0.15, 0.2) is 40.9 Å². The maximum atomic E-state index is 12.2. The van der Waals surface area contributed by atoms with E-state index in [2.05, 4.69) is 35.1 Å². The first-order valence-corrected chi connectivity index (χ1v) is 8.52. The van der Waals surface area contributed by atoms with E-state index in [0.29, 0.717) is 16.7 Å². The van der Waals surface area contributed by atoms with Gasteiger partial charge in [0.25, 0.3) is 5.91 Å². The van der Waals surface area contributed by atoms with E-state index in [9.17, 15) is 4.79 Å². The Morgan fingerprint density at radius 2 is 2.04 bits per heavy atom. The normalized spacial score (nSPS) is 10.7. The molecular formula is C18H19BrClNO2. The third kappa shape index (κ3) is 4.72. The zero-order chi connectivity index (χ0) is 17.0. The topological polar surface area (TPSA) is 38.3 Å². The van der Waals surface area contributed by atoms with E-state index in [4.69, 9.17) is 16.3 Å². The van der Waals surface area contributed by atoms with Gasteiger partial charge in [0.1, 0.15) is 5.75 Å². The average Bonchev–Trinajstić information content (AvgIpc) is 2.48. The Bertz CT molecular complexity index is 716. The molecule has 2 aromatic rings. The maximum absolute atomic E-state index is 12.2. The van der Waals surface area contributed by atoms with Crippen LogP contribution in [-0.4, -0.2) is 12.5 Å². The molecule has 2 aromatic carbocycles. The van der Waals surface area contributed by atoms with Crippen molar-refractivity contribution in [2.45, 2.75) is 26.7 Å². The summed E-state index contributed by atoms with van der Waals surface area (Å²) in [5.74, 6) is 0.603. The number of aryl methyl sites for hydroxylation is 1. The number of rotatable bonds is 5. The minimum atomic E-state index is -0.208. The van der Waals surface area contributed by atoms with Crippen molar-refractivity contribution < 1.29 is 9.53 Å². The minimum absolute atomic E-state index is 0.0901. The van der Waals surface area contributed by atoms with Crippen LogP contribution in [0.25, 0.3) is 0 Å². The number of nitrogens with one attached hydrogen (secondary N) is 1. The lowest BCUT2D eigenvalue weighted by Crippen LogP contribution is -2.21. The lowest BCUT2D eigenvalue weighted by atomic mass is 9.98. The lowest BCUT2D eigenvalue weighted by Gasteiger charge is -2.16. The predicted molar refractivity (Wildman–Crippen MR) is 98.5 cm³/mol. The van der Waals surface area contributed by atoms with Crippen LogP contribution in [-0.2, 0) is 4.79 Å². The van der Waals surface area contributed by atoms with Crippen LogP contribution < -0.4 is 10.1 Å². The number of hydrogen-bond donors (Lipinski definition) is 1. The molecule has 0 heterocycles. The molecular weight excluding hydrogens is 378 g/mol. The number of halogens is 2. The van der Waals surface area contributed by atoms with Gasteiger partial charge in [0, 0.05) is 10.2 Å². The summed E-state index contributed by atoms with van der Waals surface area (Å²) in [5, 5.41) is 3.41. The molecule has 1 N–H and O–H groups in total. The molecule has 0 radical (unpaired) electrons. The van der Waals surface area contributed by atoms with Gasteiger partial charge in [-0.15, -0.1) is 0 Å². The van der Waals surface area contributed by atoms with E-state index < -0.39 is 0 Å². The summed E-state index contributed by atoms with van der Waals surface area (Å²) >= 11 is 9.41. The van der Waals surface area contributed by atoms with Gasteiger partial charge in [0.15, 0.2) is 6.61 Å². The van der Waals surface area contributed by atoms with Gasteiger partial charge < -0.3 is 10.1 Å². The number of carbonyl (C=O) groups excluding carboxylic acids is 1. The number of ether oxygens (including phenoxy) is 1. The quantitative estimate of drug-likeness (QED) is 0.719. The van der Waals surface area contributed by atoms with E-state index in [-0.39, 0.29) is 12.5 Å². The highest BCUT2D eigenvalue weighted by Crippen LogP contribution is 2.29. The largest absolute Gasteiger partial charge is 0.482 e. The lowest BCUT2D eigenvalue weighted by molar-refractivity contribution is -0.118. The SMILES string of the molecule is Cc1cccc(C(C)C)c1NC(=O)COc1ccc(Br)cc1Cl. The number of carbonyl (C=O) groups is 1. The molecule has 0 atom stereocenters. The molecule has 0 aliphatic rings. The minimum Gasteiger partial charge on any atom is -0.482 e. The molecule has 0 unspecified atom stereocenters. The Balaban J connectivity index is 2.06. The summed E-state index contributed by atoms with van der Waals surface area (Å²) in [6.45, 7) is 6.09. The van der Waals surface area contributed by atoms with Crippen molar-refractivity contribution in [3.63, 3.8) is 0 Å². The first kappa shape index (κ1) is 17.8. The summed E-state index contributed by atoms with van der Waals surface area (Å²) in [7, 11) is 0. The first-order valence-electron chi connectivity index (χ1n) is 7.35. The van der Waals surface area contributed by atoms with Gasteiger partial charge in [-0.25, -0.2) is 0 Å². The van der Waals surface area contributed by atoms with Gasteiger partial charge in [-0.1, -0.05) is 59.6 Å². The van der Waals surface area contributed by atoms with Crippen LogP contribution in [0.3, 0.4) is 0 Å². The van der Waals surface area contributed by atoms with E-state index in [1.54, 1.807) is 12.1 Å². The number of anilines is 1. The summed E-state index contributed by atoms with van der Waals surface area (Å²) in [6, 6.07) is 11.3. The summed E-state index contributed by atoms with van der Waals surface area (Å²) in [4.78, 5) is 12.2. The molecule has 122 valence electrons. The smallest absolute Gasteiger partial charge is 0.262 e. The van der Waals surface area contributed by atoms with Gasteiger partial charge in [-0.2, -0.15) is 0 Å². The highest BCUT2D eigenvalue weighted by molar-refractivity contribution is 9.10. The molecule has 0 bridgehead atoms. The monoisotopic (exact) mass is 395 g/mol. The van der Waals surface area contributed by atoms with E-state index in [1.807, 2.05) is 31.2 Å². The van der Waals surface area contributed by atoms with Crippen LogP contribution in [0.4, 0.5) is 5.69 Å². The molecule has 23 heavy (non-hydrogen) atoms. The second kappa shape index (κ2) is 7.84. The standard InChI is InChI=1S/C18H19BrClNO2/c1-11(2)14-6-4-5-12(3)18(14)21-17(22)10-23-16-8-7-13(19)9-15(16)20/h4-9,11H,10H2,1-3H3,(H,21,22). The van der Waals surface area contributed by atoms with E-state index >= 15 is 0 Å². The molecule has 3 nitrogen and oxygen atoms in total. The van der Waals surface area contributed by atoms with Crippen molar-refractivity contribution in [1.29, 1.82) is 0 Å². The van der Waals surface area contributed by atoms with Gasteiger partial charge in [-0.3, -0.25) is 4.79 Å². The molecule has 0 saturated carbocycles. The van der Waals surface area contributed by atoms with Crippen molar-refractivity contribution in [3.05, 3.63) is 57.0 Å². The molecule has 1 amide bonds. The van der Waals surface area contributed by atoms with Crippen LogP contribution in [0.2, 0.25) is 5.02 Å². The summed E-state index contributed by atoms with van der Waals surface area (Å²) < 4.78 is 6.36. The number of para-hydroxylation sites is 1. The molecule has 0 aliphatic heterocycles. The summed E-state index contributed by atoms with van der Waals surface area (Å²) in [6.07, 6.45) is 0. The Morgan fingerprint density at radius 1 is 1.30 bits per heavy atom. The fraction of sp³-hybridized carbons (Fsp3) is 0.278. The van der Waals surface area contributed by atoms with Crippen LogP contribution in [0.1, 0.15) is 30.9 Å². The van der Waals surface area contributed by atoms with Crippen LogP contribution in [0.5, 0.6) is 5.75 Å². The fourth-order valence-corrected chi connectivity index (χ4v) is 2.98. The van der Waals surface area contributed by atoms with Crippen molar-refractivity contribution in [1.82, 2.24) is 0 Å². The average molecular weight is 397 g/mol. The zero-order valence-electron chi connectivity index (χ0n) is 13.3. The number of benzene rings is 2. The predicted octanol–water partition coefficient (Wildman–Crippen LogP) is 5.55. The maximum Gasteiger partial charge on any atom is 0.262 e. The van der Waals surface area contributed by atoms with Crippen molar-refractivity contribution in [2.75, 3.05) is 11.9 Å². The van der Waals surface area contributed by atoms with Crippen LogP contribution >= 0.6 is 27.5 Å². The molecule has 2 rings (SSSR count). The van der Waals surface area contributed by atoms with Gasteiger partial charge in [0.05, 0.1) is 5.02 Å². The van der Waals surface area contributed by atoms with Gasteiger partial charge in [0.2, 0.25) is 0 Å². The molecule has 0 fully saturated rings. The molecule has 5 heteroatoms. The molecule has 0 spiro atoms. The highest BCUT2D eigenvalue weighted by atomic mass is 79.9. The second-order valence-electron chi connectivity index (χ2n) is 5.61. The van der Waals surface area contributed by atoms with E-state index in [0.717, 1.165) is 21.3 Å². The third-order valence-corrected chi connectivity index (χ3v) is 4.23. The number of hydrogen-bond acceptors (Lipinski definition) is 2. The van der Waals surface area contributed by atoms with Crippen molar-refractivity contribution in [2.24, 2.45) is 0 Å². The third-order valence-electron chi connectivity index (χ3n) is 3.44. The molecule has 0 saturated heterocycles. The number of amides is 1. The Hall–Kier alpha value is -1.52. The van der Waals surface area contributed by atoms with Crippen molar-refractivity contribution in [3.8, 4) is 5.75 Å². The van der Waals surface area contributed by atoms with Gasteiger partial charge >= 0.3 is 0 Å². The van der Waals surface area contributed by atoms with E-state index in [1.165, 1.54) is 0 Å². The second-order valence-corrected chi connectivity index (χ2v) is 6.93. The Labute approximate surface area is 150 Å². The van der Waals surface area contributed by atoms with Gasteiger partial charge in [-0.05, 0) is 42.2 Å². The zero-order valence-corrected chi connectivity index (χ0v) is 15.7. The molecule has 0 aromatic heterocycles. The Morgan fingerprint density at radius 3 is 2.70 bits per heavy atom. The fourth-order valence-electron chi connectivity index (χ4n) is 2.25.